The van der Waals surface area contributed by atoms with E-state index in [2.05, 4.69) is 67.0 Å². The summed E-state index contributed by atoms with van der Waals surface area (Å²) in [5.41, 5.74) is 4.60. The van der Waals surface area contributed by atoms with E-state index in [4.69, 9.17) is 0 Å². The maximum absolute atomic E-state index is 11.6. The van der Waals surface area contributed by atoms with Crippen LogP contribution in [0.25, 0.3) is 15.8 Å². The van der Waals surface area contributed by atoms with Crippen LogP contribution in [0.5, 0.6) is 0 Å². The second-order valence-corrected chi connectivity index (χ2v) is 9.27. The molecule has 3 heterocycles. The molecule has 0 fully saturated rings. The Labute approximate surface area is 185 Å². The van der Waals surface area contributed by atoms with Crippen molar-refractivity contribution in [1.29, 1.82) is 0 Å². The molecular formula is C21H23Br2N3OS. The van der Waals surface area contributed by atoms with Gasteiger partial charge in [-0.25, -0.2) is 0 Å². The number of H-pyrrole nitrogens is 1. The zero-order valence-corrected chi connectivity index (χ0v) is 19.7. The fourth-order valence-electron chi connectivity index (χ4n) is 2.98. The van der Waals surface area contributed by atoms with Crippen molar-refractivity contribution >= 4 is 70.5 Å². The highest BCUT2D eigenvalue weighted by Crippen LogP contribution is 2.37. The van der Waals surface area contributed by atoms with Crippen molar-refractivity contribution in [1.82, 2.24) is 4.98 Å². The molecule has 0 saturated carbocycles. The molecule has 0 aliphatic carbocycles. The van der Waals surface area contributed by atoms with Gasteiger partial charge in [0.15, 0.2) is 0 Å². The fraction of sp³-hybridized carbons (Fsp3) is 0.286. The topological polar surface area (TPSA) is 56.9 Å². The molecule has 3 N–H and O–H groups in total. The standard InChI is InChI=1S/C11H14N2OS.C10H9Br2N/c1-2-3-5-12-10-7-9(14)11-8(13-10)4-6-15-11;1-6-2-3-13-10-8(6)4-7(11)5-9(10)12/h4,6-7H,2-3,5H2,1H3,(H2,12,13,14);4-5,13H,1-3H2. The van der Waals surface area contributed by atoms with Crippen molar-refractivity contribution < 1.29 is 0 Å². The zero-order valence-electron chi connectivity index (χ0n) is 15.7. The number of unbranched alkanes of at least 4 members (excludes halogenated alkanes) is 1. The van der Waals surface area contributed by atoms with Crippen molar-refractivity contribution in [2.45, 2.75) is 26.2 Å². The fourth-order valence-corrected chi connectivity index (χ4v) is 5.10. The van der Waals surface area contributed by atoms with Crippen LogP contribution in [-0.4, -0.2) is 18.1 Å². The van der Waals surface area contributed by atoms with Crippen molar-refractivity contribution in [2.24, 2.45) is 0 Å². The van der Waals surface area contributed by atoms with Gasteiger partial charge < -0.3 is 15.6 Å². The zero-order chi connectivity index (χ0) is 20.1. The van der Waals surface area contributed by atoms with E-state index >= 15 is 0 Å². The Morgan fingerprint density at radius 3 is 2.89 bits per heavy atom. The Balaban J connectivity index is 0.000000162. The number of halogens is 2. The van der Waals surface area contributed by atoms with Crippen molar-refractivity contribution in [3.8, 4) is 0 Å². The lowest BCUT2D eigenvalue weighted by Gasteiger charge is -2.21. The molecule has 3 aromatic rings. The summed E-state index contributed by atoms with van der Waals surface area (Å²) < 4.78 is 2.98. The second kappa shape index (κ2) is 9.76. The maximum Gasteiger partial charge on any atom is 0.201 e. The van der Waals surface area contributed by atoms with Crippen LogP contribution in [0.15, 0.2) is 50.0 Å². The van der Waals surface area contributed by atoms with Crippen LogP contribution in [0.2, 0.25) is 0 Å². The van der Waals surface area contributed by atoms with Crippen LogP contribution < -0.4 is 16.1 Å². The Kier molecular flexibility index (Phi) is 7.37. The molecular weight excluding hydrogens is 502 g/mol. The summed E-state index contributed by atoms with van der Waals surface area (Å²) >= 11 is 8.48. The largest absolute Gasteiger partial charge is 0.383 e. The molecule has 4 rings (SSSR count). The number of hydrogen-bond acceptors (Lipinski definition) is 4. The van der Waals surface area contributed by atoms with E-state index in [9.17, 15) is 4.79 Å². The van der Waals surface area contributed by atoms with E-state index in [-0.39, 0.29) is 5.43 Å². The number of rotatable bonds is 4. The minimum absolute atomic E-state index is 0.0951. The number of nitrogens with one attached hydrogen (secondary N) is 3. The Morgan fingerprint density at radius 2 is 2.11 bits per heavy atom. The van der Waals surface area contributed by atoms with E-state index in [1.54, 1.807) is 6.07 Å². The average molecular weight is 525 g/mol. The minimum Gasteiger partial charge on any atom is -0.383 e. The first-order valence-corrected chi connectivity index (χ1v) is 11.7. The number of hydrogen-bond donors (Lipinski definition) is 3. The van der Waals surface area contributed by atoms with E-state index in [1.807, 2.05) is 17.5 Å². The van der Waals surface area contributed by atoms with Gasteiger partial charge in [-0.3, -0.25) is 4.79 Å². The Morgan fingerprint density at radius 1 is 1.29 bits per heavy atom. The molecule has 4 nitrogen and oxygen atoms in total. The summed E-state index contributed by atoms with van der Waals surface area (Å²) in [6, 6.07) is 7.72. The Hall–Kier alpha value is -1.57. The van der Waals surface area contributed by atoms with Crippen molar-refractivity contribution in [3.05, 3.63) is 61.0 Å². The molecule has 0 atom stereocenters. The molecule has 0 radical (unpaired) electrons. The van der Waals surface area contributed by atoms with E-state index in [0.717, 1.165) is 57.3 Å². The van der Waals surface area contributed by atoms with Gasteiger partial charge in [-0.1, -0.05) is 35.9 Å². The molecule has 0 amide bonds. The predicted octanol–water partition coefficient (Wildman–Crippen LogP) is 6.84. The van der Waals surface area contributed by atoms with Gasteiger partial charge >= 0.3 is 0 Å². The number of fused-ring (bicyclic) bond motifs is 2. The monoisotopic (exact) mass is 523 g/mol. The van der Waals surface area contributed by atoms with Crippen molar-refractivity contribution in [2.75, 3.05) is 23.7 Å². The van der Waals surface area contributed by atoms with Gasteiger partial charge in [-0.05, 0) is 57.9 Å². The van der Waals surface area contributed by atoms with Crippen LogP contribution in [0.3, 0.4) is 0 Å². The van der Waals surface area contributed by atoms with Gasteiger partial charge in [0, 0.05) is 33.7 Å². The number of pyridine rings is 1. The van der Waals surface area contributed by atoms with E-state index in [1.165, 1.54) is 28.2 Å². The highest BCUT2D eigenvalue weighted by Gasteiger charge is 2.15. The summed E-state index contributed by atoms with van der Waals surface area (Å²) in [6.07, 6.45) is 3.29. The molecule has 148 valence electrons. The summed E-state index contributed by atoms with van der Waals surface area (Å²) in [4.78, 5) is 14.8. The predicted molar refractivity (Wildman–Crippen MR) is 130 cm³/mol. The average Bonchev–Trinajstić information content (AvgIpc) is 3.13. The van der Waals surface area contributed by atoms with Crippen LogP contribution in [0, 0.1) is 0 Å². The molecule has 1 aliphatic rings. The van der Waals surface area contributed by atoms with Crippen molar-refractivity contribution in [3.63, 3.8) is 0 Å². The molecule has 0 saturated heterocycles. The van der Waals surface area contributed by atoms with Gasteiger partial charge in [-0.15, -0.1) is 11.3 Å². The van der Waals surface area contributed by atoms with Crippen LogP contribution in [0.4, 0.5) is 11.5 Å². The van der Waals surface area contributed by atoms with Crippen LogP contribution in [-0.2, 0) is 0 Å². The first-order valence-electron chi connectivity index (χ1n) is 9.25. The second-order valence-electron chi connectivity index (χ2n) is 6.58. The number of aromatic nitrogens is 1. The molecule has 28 heavy (non-hydrogen) atoms. The molecule has 1 aliphatic heterocycles. The summed E-state index contributed by atoms with van der Waals surface area (Å²) in [7, 11) is 0. The Bertz CT molecular complexity index is 1040. The number of benzene rings is 1. The number of anilines is 2. The van der Waals surface area contributed by atoms with Gasteiger partial charge in [0.1, 0.15) is 5.82 Å². The highest BCUT2D eigenvalue weighted by atomic mass is 79.9. The molecule has 0 unspecified atom stereocenters. The lowest BCUT2D eigenvalue weighted by molar-refractivity contribution is 0.831. The highest BCUT2D eigenvalue weighted by molar-refractivity contribution is 9.11. The number of thiophene rings is 1. The third kappa shape index (κ3) is 5.07. The number of aromatic amines is 1. The minimum atomic E-state index is 0.0951. The van der Waals surface area contributed by atoms with Gasteiger partial charge in [0.2, 0.25) is 5.43 Å². The summed E-state index contributed by atoms with van der Waals surface area (Å²) in [5.74, 6) is 0.819. The summed E-state index contributed by atoms with van der Waals surface area (Å²) in [5, 5.41) is 8.51. The van der Waals surface area contributed by atoms with Gasteiger partial charge in [-0.2, -0.15) is 0 Å². The SMILES string of the molecule is C=C1CCNc2c(Br)cc(Br)cc21.CCCCNc1cc(=O)c2sccc2[nH]1. The van der Waals surface area contributed by atoms with Crippen LogP contribution >= 0.6 is 43.2 Å². The normalized spacial score (nSPS) is 12.8. The lowest BCUT2D eigenvalue weighted by atomic mass is 9.99. The first kappa shape index (κ1) is 21.1. The quantitative estimate of drug-likeness (QED) is 0.327. The van der Waals surface area contributed by atoms with Gasteiger partial charge in [0.25, 0.3) is 0 Å². The summed E-state index contributed by atoms with van der Waals surface area (Å²) in [6.45, 7) is 8.08. The lowest BCUT2D eigenvalue weighted by Crippen LogP contribution is -2.11. The first-order chi connectivity index (χ1) is 13.5. The molecule has 2 aromatic heterocycles. The molecule has 7 heteroatoms. The molecule has 1 aromatic carbocycles. The molecule has 0 bridgehead atoms. The van der Waals surface area contributed by atoms with E-state index in [0.29, 0.717) is 0 Å². The third-order valence-corrected chi connectivity index (χ3v) is 6.46. The smallest absolute Gasteiger partial charge is 0.201 e. The maximum atomic E-state index is 11.6. The molecule has 0 spiro atoms. The van der Waals surface area contributed by atoms with Gasteiger partial charge in [0.05, 0.1) is 15.9 Å². The van der Waals surface area contributed by atoms with E-state index < -0.39 is 0 Å². The van der Waals surface area contributed by atoms with Crippen LogP contribution in [0.1, 0.15) is 31.7 Å². The third-order valence-electron chi connectivity index (χ3n) is 4.44.